The zero-order chi connectivity index (χ0) is 25.8. The molecule has 186 valence electrons. The van der Waals surface area contributed by atoms with Crippen LogP contribution in [0.15, 0.2) is 69.1 Å². The number of carbonyl (C=O) groups excluding carboxylic acids is 1. The first kappa shape index (κ1) is 23.0. The summed E-state index contributed by atoms with van der Waals surface area (Å²) in [6, 6.07) is 11.7. The third-order valence-electron chi connectivity index (χ3n) is 6.60. The number of benzene rings is 1. The second-order valence-electron chi connectivity index (χ2n) is 8.87. The smallest absolute Gasteiger partial charge is 0.337 e. The maximum Gasteiger partial charge on any atom is 0.337 e. The van der Waals surface area contributed by atoms with E-state index in [1.165, 1.54) is 57.6 Å². The summed E-state index contributed by atoms with van der Waals surface area (Å²) in [5, 5.41) is 0.393. The SMILES string of the molecule is CC(=O)N1CCc2c(sc3c2c(=O)n(-c2ccc(F)cc2)c(=O)n3Cc2cc(=O)n3ccccc3n2)C1. The molecule has 0 aliphatic carbocycles. The molecule has 11 heteroatoms. The molecule has 5 aromatic rings. The molecule has 4 aromatic heterocycles. The van der Waals surface area contributed by atoms with Crippen LogP contribution in [-0.4, -0.2) is 35.9 Å². The summed E-state index contributed by atoms with van der Waals surface area (Å²) in [7, 11) is 0. The summed E-state index contributed by atoms with van der Waals surface area (Å²) in [6.07, 6.45) is 2.09. The lowest BCUT2D eigenvalue weighted by molar-refractivity contribution is -0.129. The number of carbonyl (C=O) groups is 1. The van der Waals surface area contributed by atoms with Gasteiger partial charge in [0.15, 0.2) is 0 Å². The van der Waals surface area contributed by atoms with Crippen LogP contribution in [0, 0.1) is 5.82 Å². The number of rotatable bonds is 3. The lowest BCUT2D eigenvalue weighted by Gasteiger charge is -2.25. The summed E-state index contributed by atoms with van der Waals surface area (Å²) < 4.78 is 17.5. The Morgan fingerprint density at radius 3 is 2.65 bits per heavy atom. The minimum atomic E-state index is -0.624. The van der Waals surface area contributed by atoms with Gasteiger partial charge in [-0.3, -0.25) is 23.4 Å². The van der Waals surface area contributed by atoms with E-state index < -0.39 is 17.1 Å². The molecule has 1 amide bonds. The molecule has 1 aliphatic rings. The van der Waals surface area contributed by atoms with E-state index in [0.717, 1.165) is 15.0 Å². The molecule has 0 unspecified atom stereocenters. The molecular formula is C26H20FN5O4S. The van der Waals surface area contributed by atoms with Gasteiger partial charge in [0.05, 0.1) is 29.9 Å². The number of amides is 1. The van der Waals surface area contributed by atoms with E-state index in [9.17, 15) is 23.6 Å². The van der Waals surface area contributed by atoms with E-state index in [1.54, 1.807) is 29.3 Å². The highest BCUT2D eigenvalue weighted by molar-refractivity contribution is 7.18. The number of hydrogen-bond donors (Lipinski definition) is 0. The van der Waals surface area contributed by atoms with E-state index in [1.807, 2.05) is 0 Å². The molecular weight excluding hydrogens is 497 g/mol. The quantitative estimate of drug-likeness (QED) is 0.366. The van der Waals surface area contributed by atoms with E-state index in [2.05, 4.69) is 4.98 Å². The number of nitrogens with zero attached hydrogens (tertiary/aromatic N) is 5. The Morgan fingerprint density at radius 2 is 1.89 bits per heavy atom. The Labute approximate surface area is 212 Å². The first-order valence-corrected chi connectivity index (χ1v) is 12.4. The monoisotopic (exact) mass is 517 g/mol. The number of pyridine rings is 1. The lowest BCUT2D eigenvalue weighted by Crippen LogP contribution is -2.39. The van der Waals surface area contributed by atoms with Gasteiger partial charge in [-0.15, -0.1) is 11.3 Å². The fourth-order valence-corrected chi connectivity index (χ4v) is 6.12. The highest BCUT2D eigenvalue weighted by Gasteiger charge is 2.27. The molecule has 0 spiro atoms. The average Bonchev–Trinajstić information content (AvgIpc) is 3.27. The minimum Gasteiger partial charge on any atom is -0.337 e. The van der Waals surface area contributed by atoms with Gasteiger partial charge in [0.1, 0.15) is 16.3 Å². The van der Waals surface area contributed by atoms with Gasteiger partial charge in [0.25, 0.3) is 11.1 Å². The Bertz CT molecular complexity index is 1900. The topological polar surface area (TPSA) is 98.7 Å². The van der Waals surface area contributed by atoms with Crippen LogP contribution in [0.5, 0.6) is 0 Å². The second kappa shape index (κ2) is 8.63. The van der Waals surface area contributed by atoms with Gasteiger partial charge in [-0.1, -0.05) is 6.07 Å². The van der Waals surface area contributed by atoms with Crippen LogP contribution in [0.2, 0.25) is 0 Å². The van der Waals surface area contributed by atoms with Crippen LogP contribution in [0.3, 0.4) is 0 Å². The van der Waals surface area contributed by atoms with Crippen molar-refractivity contribution >= 4 is 33.1 Å². The molecule has 0 saturated heterocycles. The summed E-state index contributed by atoms with van der Waals surface area (Å²) in [5.74, 6) is -0.554. The van der Waals surface area contributed by atoms with Gasteiger partial charge in [-0.05, 0) is 48.4 Å². The summed E-state index contributed by atoms with van der Waals surface area (Å²) in [5.41, 5.74) is 0.423. The van der Waals surface area contributed by atoms with Gasteiger partial charge in [0.2, 0.25) is 5.91 Å². The third-order valence-corrected chi connectivity index (χ3v) is 7.84. The molecule has 1 aromatic carbocycles. The van der Waals surface area contributed by atoms with Crippen molar-refractivity contribution in [1.82, 2.24) is 23.4 Å². The van der Waals surface area contributed by atoms with Gasteiger partial charge >= 0.3 is 5.69 Å². The van der Waals surface area contributed by atoms with Gasteiger partial charge in [-0.2, -0.15) is 0 Å². The molecule has 0 N–H and O–H groups in total. The zero-order valence-corrected chi connectivity index (χ0v) is 20.5. The Hall–Kier alpha value is -4.38. The average molecular weight is 518 g/mol. The number of halogens is 1. The number of fused-ring (bicyclic) bond motifs is 4. The summed E-state index contributed by atoms with van der Waals surface area (Å²) >= 11 is 1.29. The van der Waals surface area contributed by atoms with Crippen molar-refractivity contribution in [3.8, 4) is 5.69 Å². The maximum absolute atomic E-state index is 13.8. The number of aromatic nitrogens is 4. The fraction of sp³-hybridized carbons (Fsp3) is 0.192. The predicted octanol–water partition coefficient (Wildman–Crippen LogP) is 2.31. The number of hydrogen-bond acceptors (Lipinski definition) is 6. The van der Waals surface area contributed by atoms with Crippen molar-refractivity contribution in [3.63, 3.8) is 0 Å². The summed E-state index contributed by atoms with van der Waals surface area (Å²) in [6.45, 7) is 2.27. The van der Waals surface area contributed by atoms with Gasteiger partial charge < -0.3 is 4.90 Å². The number of thiophene rings is 1. The first-order chi connectivity index (χ1) is 17.8. The Morgan fingerprint density at radius 1 is 1.11 bits per heavy atom. The van der Waals surface area contributed by atoms with Crippen molar-refractivity contribution < 1.29 is 9.18 Å². The molecule has 0 bridgehead atoms. The molecule has 9 nitrogen and oxygen atoms in total. The molecule has 0 fully saturated rings. The Balaban J connectivity index is 1.62. The van der Waals surface area contributed by atoms with Gasteiger partial charge in [0, 0.05) is 30.6 Å². The molecule has 37 heavy (non-hydrogen) atoms. The Kier molecular flexibility index (Phi) is 5.37. The highest BCUT2D eigenvalue weighted by atomic mass is 32.1. The zero-order valence-electron chi connectivity index (χ0n) is 19.7. The van der Waals surface area contributed by atoms with Crippen LogP contribution in [-0.2, 0) is 24.3 Å². The largest absolute Gasteiger partial charge is 0.337 e. The van der Waals surface area contributed by atoms with E-state index in [0.29, 0.717) is 41.1 Å². The van der Waals surface area contributed by atoms with Crippen molar-refractivity contribution in [2.45, 2.75) is 26.4 Å². The molecule has 1 aliphatic heterocycles. The maximum atomic E-state index is 13.8. The normalized spacial score (nSPS) is 13.3. The minimum absolute atomic E-state index is 0.0484. The van der Waals surface area contributed by atoms with Crippen molar-refractivity contribution in [1.29, 1.82) is 0 Å². The van der Waals surface area contributed by atoms with Crippen molar-refractivity contribution in [2.75, 3.05) is 6.54 Å². The van der Waals surface area contributed by atoms with Crippen molar-refractivity contribution in [2.24, 2.45) is 0 Å². The lowest BCUT2D eigenvalue weighted by atomic mass is 10.1. The van der Waals surface area contributed by atoms with E-state index >= 15 is 0 Å². The molecule has 5 heterocycles. The fourth-order valence-electron chi connectivity index (χ4n) is 4.78. The van der Waals surface area contributed by atoms with Gasteiger partial charge in [-0.25, -0.2) is 18.7 Å². The van der Waals surface area contributed by atoms with Crippen LogP contribution in [0.25, 0.3) is 21.6 Å². The van der Waals surface area contributed by atoms with Crippen LogP contribution >= 0.6 is 11.3 Å². The van der Waals surface area contributed by atoms with Crippen LogP contribution in [0.1, 0.15) is 23.1 Å². The van der Waals surface area contributed by atoms with E-state index in [-0.39, 0.29) is 23.7 Å². The van der Waals surface area contributed by atoms with E-state index in [4.69, 9.17) is 0 Å². The predicted molar refractivity (Wildman–Crippen MR) is 137 cm³/mol. The molecule has 6 rings (SSSR count). The first-order valence-electron chi connectivity index (χ1n) is 11.6. The standard InChI is InChI=1S/C26H20FN5O4S/c1-15(33)29-11-9-19-20(14-29)37-25-23(19)24(35)32(18-7-5-16(27)6-8-18)26(36)31(25)13-17-12-22(34)30-10-3-2-4-21(30)28-17/h2-8,10,12H,9,11,13-14H2,1H3. The molecule has 0 atom stereocenters. The summed E-state index contributed by atoms with van der Waals surface area (Å²) in [4.78, 5) is 59.7. The molecule has 0 saturated carbocycles. The highest BCUT2D eigenvalue weighted by Crippen LogP contribution is 2.33. The van der Waals surface area contributed by atoms with Crippen molar-refractivity contribution in [3.05, 3.63) is 108 Å². The molecule has 0 radical (unpaired) electrons. The third kappa shape index (κ3) is 3.78. The van der Waals surface area contributed by atoms with Crippen LogP contribution < -0.4 is 16.8 Å². The van der Waals surface area contributed by atoms with Crippen LogP contribution in [0.4, 0.5) is 4.39 Å². The second-order valence-corrected chi connectivity index (χ2v) is 9.96.